The molecule has 4 aliphatic rings. The monoisotopic (exact) mass is 1500 g/mol. The molecule has 10 aromatic rings. The highest BCUT2D eigenvalue weighted by Gasteiger charge is 2.29. The number of methoxy groups -OCH3 is 2. The minimum Gasteiger partial charge on any atom is -0.497 e. The molecule has 0 radical (unpaired) electrons. The average Bonchev–Trinajstić information content (AvgIpc) is 1.60. The lowest BCUT2D eigenvalue weighted by Gasteiger charge is -2.26. The highest BCUT2D eigenvalue weighted by atomic mass is 16.5. The summed E-state index contributed by atoms with van der Waals surface area (Å²) in [4.78, 5) is 39.3. The van der Waals surface area contributed by atoms with Gasteiger partial charge in [0.1, 0.15) is 11.5 Å². The number of benzene rings is 4. The van der Waals surface area contributed by atoms with E-state index in [0.717, 1.165) is 209 Å². The van der Waals surface area contributed by atoms with Crippen molar-refractivity contribution < 1.29 is 9.47 Å². The van der Waals surface area contributed by atoms with Gasteiger partial charge in [-0.2, -0.15) is 0 Å². The molecule has 0 fully saturated rings. The van der Waals surface area contributed by atoms with Gasteiger partial charge in [-0.3, -0.25) is 0 Å². The summed E-state index contributed by atoms with van der Waals surface area (Å²) in [5.41, 5.74) is 40.1. The van der Waals surface area contributed by atoms with Crippen LogP contribution in [0.4, 0.5) is 0 Å². The molecule has 0 unspecified atom stereocenters. The quantitative estimate of drug-likeness (QED) is 0.0361. The number of nitrogens with one attached hydrogen (secondary N) is 4. The first kappa shape index (κ1) is 79.3. The number of aromatic amines is 4. The Bertz CT molecular complexity index is 5650. The van der Waals surface area contributed by atoms with Crippen molar-refractivity contribution in [3.05, 3.63) is 224 Å². The van der Waals surface area contributed by atoms with E-state index in [2.05, 4.69) is 262 Å². The van der Waals surface area contributed by atoms with Crippen molar-refractivity contribution in [1.29, 1.82) is 0 Å². The van der Waals surface area contributed by atoms with Gasteiger partial charge in [-0.25, -0.2) is 19.9 Å². The number of ether oxygens (including phenoxy) is 2. The molecule has 4 N–H and O–H groups in total. The molecule has 0 amide bonds. The van der Waals surface area contributed by atoms with Gasteiger partial charge in [0.05, 0.1) is 70.8 Å². The van der Waals surface area contributed by atoms with Crippen LogP contribution in [0.1, 0.15) is 289 Å². The minimum absolute atomic E-state index is 0.0567. The molecule has 0 atom stereocenters. The largest absolute Gasteiger partial charge is 0.497 e. The molecular weight excluding hydrogens is 1380 g/mol. The molecule has 10 heterocycles. The first-order chi connectivity index (χ1) is 54.6. The molecule has 14 rings (SSSR count). The Morgan fingerprint density at radius 3 is 1.21 bits per heavy atom. The van der Waals surface area contributed by atoms with Crippen LogP contribution in [0.25, 0.3) is 135 Å². The van der Waals surface area contributed by atoms with Gasteiger partial charge in [0.25, 0.3) is 0 Å². The second-order valence-corrected chi connectivity index (χ2v) is 34.3. The van der Waals surface area contributed by atoms with Crippen LogP contribution in [-0.4, -0.2) is 54.1 Å². The summed E-state index contributed by atoms with van der Waals surface area (Å²) in [6, 6.07) is 49.8. The lowest BCUT2D eigenvalue weighted by molar-refractivity contribution is 0.399. The van der Waals surface area contributed by atoms with E-state index in [9.17, 15) is 0 Å². The molecule has 0 spiro atoms. The maximum absolute atomic E-state index is 6.09. The number of H-pyrrole nitrogens is 4. The van der Waals surface area contributed by atoms with E-state index in [1.54, 1.807) is 14.2 Å². The van der Waals surface area contributed by atoms with Crippen molar-refractivity contribution in [3.63, 3.8) is 0 Å². The predicted octanol–water partition coefficient (Wildman–Crippen LogP) is 28.8. The van der Waals surface area contributed by atoms with E-state index >= 15 is 0 Å². The minimum atomic E-state index is -0.0567. The van der Waals surface area contributed by atoms with Gasteiger partial charge in [0.15, 0.2) is 0 Å². The van der Waals surface area contributed by atoms with Crippen LogP contribution in [0.3, 0.4) is 0 Å². The Balaban J connectivity index is 1.00. The van der Waals surface area contributed by atoms with Crippen LogP contribution in [0.5, 0.6) is 11.5 Å². The number of hydrogen-bond acceptors (Lipinski definition) is 6. The maximum Gasteiger partial charge on any atom is 0.122 e. The van der Waals surface area contributed by atoms with Crippen LogP contribution in [0.2, 0.25) is 0 Å². The molecule has 0 aliphatic carbocycles. The van der Waals surface area contributed by atoms with Crippen LogP contribution in [0, 0.1) is 13.8 Å². The van der Waals surface area contributed by atoms with Crippen LogP contribution >= 0.6 is 0 Å². The highest BCUT2D eigenvalue weighted by molar-refractivity contribution is 6.04. The van der Waals surface area contributed by atoms with E-state index < -0.39 is 0 Å². The SMILES string of the molecule is CCCCCCC1=C(C)c2nc1cc1[nH]c(c(C)c1CCCCCC)c(-c1ccc(Cc3cc(OC)ccc3OC)cc1)c1nc(cc3[nH]c(c(C)c3CCCCCC)c2-c2ccc(-c3c4nc(cc5ccc([nH]5)c(-c5cc(C(C)(C)C)cc(C(C)(C)C)c5)c5nc(cc6ccc3[nH]6)C=C5)C=C4)cc2)C(CCCCCC)=C1C. The number of hydrogen-bond donors (Lipinski definition) is 4. The van der Waals surface area contributed by atoms with Gasteiger partial charge in [-0.05, 0) is 264 Å². The first-order valence-corrected chi connectivity index (χ1v) is 42.5. The highest BCUT2D eigenvalue weighted by Crippen LogP contribution is 2.47. The normalized spacial score (nSPS) is 13.0. The zero-order valence-electron chi connectivity index (χ0n) is 70.5. The topological polar surface area (TPSA) is 133 Å². The Labute approximate surface area is 672 Å². The molecule has 16 bridgehead atoms. The van der Waals surface area contributed by atoms with Crippen molar-refractivity contribution in [1.82, 2.24) is 39.9 Å². The molecule has 4 aliphatic heterocycles. The smallest absolute Gasteiger partial charge is 0.122 e. The Hall–Kier alpha value is -10.3. The van der Waals surface area contributed by atoms with Crippen molar-refractivity contribution in [2.75, 3.05) is 14.2 Å². The lowest BCUT2D eigenvalue weighted by atomic mass is 9.79. The van der Waals surface area contributed by atoms with E-state index in [4.69, 9.17) is 29.4 Å². The Kier molecular flexibility index (Phi) is 24.3. The fourth-order valence-electron chi connectivity index (χ4n) is 17.4. The average molecular weight is 1500 g/mol. The predicted molar refractivity (Wildman–Crippen MR) is 483 cm³/mol. The zero-order chi connectivity index (χ0) is 79.2. The van der Waals surface area contributed by atoms with Crippen molar-refractivity contribution in [3.8, 4) is 56.0 Å². The summed E-state index contributed by atoms with van der Waals surface area (Å²) in [7, 11) is 3.48. The van der Waals surface area contributed by atoms with Gasteiger partial charge >= 0.3 is 0 Å². The van der Waals surface area contributed by atoms with Gasteiger partial charge in [-0.15, -0.1) is 0 Å². The molecular formula is C103H120N8O2. The van der Waals surface area contributed by atoms with E-state index in [-0.39, 0.29) is 10.8 Å². The second kappa shape index (κ2) is 34.6. The molecule has 4 aromatic carbocycles. The van der Waals surface area contributed by atoms with Gasteiger partial charge in [0.2, 0.25) is 0 Å². The summed E-state index contributed by atoms with van der Waals surface area (Å²) in [5, 5.41) is 0. The van der Waals surface area contributed by atoms with Gasteiger partial charge in [-0.1, -0.05) is 213 Å². The maximum atomic E-state index is 6.09. The van der Waals surface area contributed by atoms with Crippen LogP contribution in [0.15, 0.2) is 133 Å². The molecule has 584 valence electrons. The van der Waals surface area contributed by atoms with Crippen molar-refractivity contribution >= 4 is 90.7 Å². The fraction of sp³-hybridized carbons (Fsp3) is 0.379. The van der Waals surface area contributed by atoms with Crippen LogP contribution < -0.4 is 9.47 Å². The molecule has 10 nitrogen and oxygen atoms in total. The van der Waals surface area contributed by atoms with Crippen LogP contribution in [-0.2, 0) is 30.1 Å². The lowest BCUT2D eigenvalue weighted by Crippen LogP contribution is -2.16. The molecule has 0 saturated carbocycles. The fourth-order valence-corrected chi connectivity index (χ4v) is 17.4. The molecule has 0 saturated heterocycles. The Morgan fingerprint density at radius 2 is 0.788 bits per heavy atom. The third-order valence-corrected chi connectivity index (χ3v) is 24.1. The third kappa shape index (κ3) is 17.2. The van der Waals surface area contributed by atoms with E-state index in [1.165, 1.54) is 132 Å². The van der Waals surface area contributed by atoms with Crippen molar-refractivity contribution in [2.45, 2.75) is 243 Å². The molecule has 6 aromatic heterocycles. The second-order valence-electron chi connectivity index (χ2n) is 34.3. The summed E-state index contributed by atoms with van der Waals surface area (Å²) in [6.45, 7) is 32.5. The van der Waals surface area contributed by atoms with E-state index in [1.807, 2.05) is 12.1 Å². The summed E-state index contributed by atoms with van der Waals surface area (Å²) in [6.07, 6.45) is 31.7. The number of rotatable bonds is 28. The summed E-state index contributed by atoms with van der Waals surface area (Å²) < 4.78 is 11.6. The molecule has 113 heavy (non-hydrogen) atoms. The number of aryl methyl sites for hydroxylation is 4. The standard InChI is InChI=1S/C103H120N8O2/c1-17-21-25-29-33-81-64(5)98-96(70-39-37-68(38-40-70)55-72-58-80(112-15)49-54-93(72)113-16)99-65(6)82(34-30-26-22-18-2)90(109-99)63-92-84(36-32-28-24-20-4)67(8)101(111-92)97(100-66(7)83(35-31-27-23-19-3)91(110-100)62-89(81)108-98)71-43-41-69(42-44-71)94-85-50-45-76(104-85)60-78-47-52-87(106-78)95(88-53-48-79(107-88)61-77-46-51-86(94)105-77)73-56-74(102(9,10)11)59-75(57-73)103(12,13)14/h37-54,56-63,104,107-108,111H,17-36,55H2,1-16H3. The Morgan fingerprint density at radius 1 is 0.363 bits per heavy atom. The number of nitrogens with zero attached hydrogens (tertiary/aromatic N) is 4. The summed E-state index contributed by atoms with van der Waals surface area (Å²) in [5.74, 6) is 1.67. The summed E-state index contributed by atoms with van der Waals surface area (Å²) >= 11 is 0. The van der Waals surface area contributed by atoms with Crippen molar-refractivity contribution in [2.24, 2.45) is 0 Å². The first-order valence-electron chi connectivity index (χ1n) is 42.5. The number of fused-ring (bicyclic) bond motifs is 16. The van der Waals surface area contributed by atoms with Gasteiger partial charge < -0.3 is 29.4 Å². The van der Waals surface area contributed by atoms with E-state index in [0.29, 0.717) is 6.42 Å². The molecule has 10 heteroatoms. The third-order valence-electron chi connectivity index (χ3n) is 24.1. The zero-order valence-corrected chi connectivity index (χ0v) is 70.5. The number of unbranched alkanes of at least 4 members (excludes halogenated alkanes) is 12. The van der Waals surface area contributed by atoms with Gasteiger partial charge in [0, 0.05) is 67.3 Å². The number of allylic oxidation sites excluding steroid dienone is 4. The number of aromatic nitrogens is 8.